The van der Waals surface area contributed by atoms with E-state index < -0.39 is 5.97 Å². The van der Waals surface area contributed by atoms with Gasteiger partial charge in [0.1, 0.15) is 0 Å². The molecular formula is C5H8I2NO2VY-. The molecule has 0 unspecified atom stereocenters. The average molecular weight is 508 g/mol. The zero-order valence-corrected chi connectivity index (χ0v) is 15.2. The van der Waals surface area contributed by atoms with Gasteiger partial charge in [-0.2, -0.15) is 5.70 Å². The van der Waals surface area contributed by atoms with Gasteiger partial charge in [0.25, 0.3) is 0 Å². The fourth-order valence-corrected chi connectivity index (χ4v) is 0.236. The molecule has 0 aromatic heterocycles. The quantitative estimate of drug-likeness (QED) is 0.311. The summed E-state index contributed by atoms with van der Waals surface area (Å²) >= 11 is 4.74. The summed E-state index contributed by atoms with van der Waals surface area (Å²) in [6, 6.07) is 0. The number of methoxy groups -OCH3 is 1. The van der Waals surface area contributed by atoms with E-state index in [4.69, 9.17) is 5.73 Å². The van der Waals surface area contributed by atoms with E-state index >= 15 is 0 Å². The summed E-state index contributed by atoms with van der Waals surface area (Å²) in [5.41, 5.74) is 6.98. The van der Waals surface area contributed by atoms with E-state index in [1.165, 1.54) is 14.0 Å². The van der Waals surface area contributed by atoms with Gasteiger partial charge in [0, 0.05) is 38.8 Å². The second-order valence-electron chi connectivity index (χ2n) is 1.41. The fraction of sp³-hybridized carbons (Fsp3) is 0.400. The summed E-state index contributed by atoms with van der Waals surface area (Å²) in [7, 11) is 1.91. The van der Waals surface area contributed by atoms with Gasteiger partial charge in [-0.3, -0.25) is 0 Å². The summed E-state index contributed by atoms with van der Waals surface area (Å²) in [5.74, 6) is -0.475. The Morgan fingerprint density at radius 2 is 1.92 bits per heavy atom. The Labute approximate surface area is 127 Å². The Morgan fingerprint density at radius 1 is 1.58 bits per heavy atom. The first kappa shape index (κ1) is 19.7. The minimum Gasteiger partial charge on any atom is 0 e. The van der Waals surface area contributed by atoms with Crippen LogP contribution >= 0.6 is 40.0 Å². The molecule has 0 spiro atoms. The summed E-state index contributed by atoms with van der Waals surface area (Å²) in [6.07, 6.45) is 1.11. The monoisotopic (exact) mass is 508 g/mol. The number of carbonyl (C=O) groups is 1. The van der Waals surface area contributed by atoms with Crippen molar-refractivity contribution in [2.75, 3.05) is 7.11 Å². The molecule has 0 heterocycles. The van der Waals surface area contributed by atoms with Crippen LogP contribution in [0.5, 0.6) is 0 Å². The summed E-state index contributed by atoms with van der Waals surface area (Å²) in [5, 5.41) is 0. The maximum atomic E-state index is 10.2. The Hall–Kier alpha value is 2.16. The summed E-state index contributed by atoms with van der Waals surface area (Å²) in [4.78, 5) is 10.2. The largest absolute Gasteiger partial charge is 0 e. The molecule has 0 aromatic rings. The minimum atomic E-state index is -0.475. The van der Waals surface area contributed by atoms with Crippen LogP contribution in [0.25, 0.3) is 5.73 Å². The first-order valence-corrected chi connectivity index (χ1v) is 11.5. The number of hydrogen-bond donors (Lipinski definition) is 0. The van der Waals surface area contributed by atoms with Crippen molar-refractivity contribution in [3.05, 3.63) is 17.5 Å². The van der Waals surface area contributed by atoms with E-state index in [2.05, 4.69) is 44.7 Å². The molecule has 0 bridgehead atoms. The van der Waals surface area contributed by atoms with Gasteiger partial charge in [-0.25, -0.2) is 4.79 Å². The first-order chi connectivity index (χ1) is 5.08. The standard InChI is InChI=1S/C5H9NO2.2HI.V.Y/c1-4(6)3-5(7)8-2;;;;/h3H,1-2H3,(H2,6,7);2*1H;;/q;;;+2;/p-3. The van der Waals surface area contributed by atoms with Gasteiger partial charge in [-0.1, -0.05) is 6.92 Å². The van der Waals surface area contributed by atoms with Gasteiger partial charge >= 0.3 is 55.4 Å². The second-order valence-corrected chi connectivity index (χ2v) is 13.2. The van der Waals surface area contributed by atoms with E-state index in [-0.39, 0.29) is 38.4 Å². The number of esters is 1. The SMILES string of the molecule is COC(=O)C=C(C)[NH-].[I][V][I].[Y]. The third kappa shape index (κ3) is 22.7. The van der Waals surface area contributed by atoms with Crippen LogP contribution in [0.2, 0.25) is 0 Å². The molecule has 0 amide bonds. The topological polar surface area (TPSA) is 50.1 Å². The van der Waals surface area contributed by atoms with Gasteiger partial charge in [0.15, 0.2) is 0 Å². The van der Waals surface area contributed by atoms with Crippen molar-refractivity contribution >= 4 is 45.9 Å². The Morgan fingerprint density at radius 3 is 2.00 bits per heavy atom. The predicted octanol–water partition coefficient (Wildman–Crippen LogP) is 2.88. The number of hydrogen-bond acceptors (Lipinski definition) is 2. The second kappa shape index (κ2) is 15.6. The van der Waals surface area contributed by atoms with E-state index in [9.17, 15) is 4.79 Å². The summed E-state index contributed by atoms with van der Waals surface area (Å²) in [6.45, 7) is 1.51. The molecule has 0 aromatic carbocycles. The molecule has 0 rings (SSSR count). The number of ether oxygens (including phenoxy) is 1. The van der Waals surface area contributed by atoms with E-state index in [0.717, 1.165) is 6.08 Å². The third-order valence-corrected chi connectivity index (χ3v) is 0.536. The van der Waals surface area contributed by atoms with Gasteiger partial charge < -0.3 is 10.5 Å². The molecule has 1 N–H and O–H groups in total. The Balaban J connectivity index is -0.000000177. The maximum absolute atomic E-state index is 10.2. The molecule has 68 valence electrons. The van der Waals surface area contributed by atoms with Gasteiger partial charge in [0.2, 0.25) is 0 Å². The van der Waals surface area contributed by atoms with Crippen molar-refractivity contribution in [1.29, 1.82) is 0 Å². The van der Waals surface area contributed by atoms with Crippen molar-refractivity contribution in [1.82, 2.24) is 0 Å². The van der Waals surface area contributed by atoms with Crippen LogP contribution in [0.3, 0.4) is 0 Å². The van der Waals surface area contributed by atoms with Crippen molar-refractivity contribution < 1.29 is 51.7 Å². The van der Waals surface area contributed by atoms with E-state index in [0.29, 0.717) is 9.47 Å². The normalized spacial score (nSPS) is 8.50. The molecule has 7 heteroatoms. The fourth-order valence-electron chi connectivity index (χ4n) is 0.236. The van der Waals surface area contributed by atoms with Crippen LogP contribution in [-0.4, -0.2) is 13.1 Å². The molecule has 0 aliphatic rings. The van der Waals surface area contributed by atoms with Crippen LogP contribution in [0.15, 0.2) is 11.8 Å². The summed E-state index contributed by atoms with van der Waals surface area (Å²) < 4.78 is 4.23. The zero-order chi connectivity index (χ0) is 9.28. The zero-order valence-electron chi connectivity index (χ0n) is 6.67. The van der Waals surface area contributed by atoms with Gasteiger partial charge in [0.05, 0.1) is 7.11 Å². The number of nitrogens with one attached hydrogen (secondary N) is 1. The maximum Gasteiger partial charge on any atom is 0 e. The van der Waals surface area contributed by atoms with Crippen LogP contribution < -0.4 is 0 Å². The minimum absolute atomic E-state index is 0. The van der Waals surface area contributed by atoms with Crippen LogP contribution in [-0.2, 0) is 51.7 Å². The van der Waals surface area contributed by atoms with Gasteiger partial charge in [-0.05, 0) is 0 Å². The Kier molecular flexibility index (Phi) is 25.6. The van der Waals surface area contributed by atoms with Gasteiger partial charge in [-0.15, -0.1) is 0 Å². The molecule has 0 saturated heterocycles. The molecule has 0 atom stereocenters. The molecule has 0 aliphatic heterocycles. The number of carbonyl (C=O) groups excluding carboxylic acids is 1. The predicted molar refractivity (Wildman–Crippen MR) is 58.1 cm³/mol. The molecule has 12 heavy (non-hydrogen) atoms. The molecule has 1 radical (unpaired) electrons. The molecular weight excluding hydrogens is 500 g/mol. The van der Waals surface area contributed by atoms with E-state index in [1.54, 1.807) is 0 Å². The van der Waals surface area contributed by atoms with Crippen molar-refractivity contribution in [2.24, 2.45) is 0 Å². The number of halogens is 2. The van der Waals surface area contributed by atoms with Crippen LogP contribution in [0.4, 0.5) is 0 Å². The number of allylic oxidation sites excluding steroid dienone is 1. The van der Waals surface area contributed by atoms with Crippen LogP contribution in [0.1, 0.15) is 6.92 Å². The smallest absolute Gasteiger partial charge is 0 e. The van der Waals surface area contributed by atoms with Crippen molar-refractivity contribution in [3.63, 3.8) is 0 Å². The van der Waals surface area contributed by atoms with Crippen molar-refractivity contribution in [2.45, 2.75) is 6.92 Å². The molecule has 0 saturated carbocycles. The Bertz CT molecular complexity index is 141. The van der Waals surface area contributed by atoms with Crippen LogP contribution in [0, 0.1) is 0 Å². The first-order valence-electron chi connectivity index (χ1n) is 2.48. The van der Waals surface area contributed by atoms with E-state index in [1.807, 2.05) is 0 Å². The van der Waals surface area contributed by atoms with Crippen molar-refractivity contribution in [3.8, 4) is 0 Å². The molecule has 3 nitrogen and oxygen atoms in total. The molecule has 0 aliphatic carbocycles. The third-order valence-electron chi connectivity index (χ3n) is 0.536. The average Bonchev–Trinajstić information content (AvgIpc) is 1.88. The number of rotatable bonds is 1. The molecule has 0 fully saturated rings.